The van der Waals surface area contributed by atoms with Crippen LogP contribution in [0.2, 0.25) is 0 Å². The maximum absolute atomic E-state index is 12.4. The Morgan fingerprint density at radius 3 is 2.50 bits per heavy atom. The number of hydrogen-bond donors (Lipinski definition) is 1. The van der Waals surface area contributed by atoms with Gasteiger partial charge in [-0.1, -0.05) is 30.3 Å². The first-order valence-electron chi connectivity index (χ1n) is 8.55. The molecule has 1 aromatic carbocycles. The molecule has 0 amide bonds. The maximum atomic E-state index is 12.4. The van der Waals surface area contributed by atoms with E-state index in [0.29, 0.717) is 13.0 Å². The zero-order chi connectivity index (χ0) is 17.8. The van der Waals surface area contributed by atoms with Crippen molar-refractivity contribution in [1.82, 2.24) is 0 Å². The van der Waals surface area contributed by atoms with Crippen molar-refractivity contribution in [2.24, 2.45) is 5.73 Å². The van der Waals surface area contributed by atoms with Crippen molar-refractivity contribution in [1.29, 1.82) is 0 Å². The normalized spacial score (nSPS) is 23.7. The highest BCUT2D eigenvalue weighted by atomic mass is 16.7. The summed E-state index contributed by atoms with van der Waals surface area (Å²) in [4.78, 5) is 12.4. The highest BCUT2D eigenvalue weighted by Gasteiger charge is 2.37. The Morgan fingerprint density at radius 1 is 1.25 bits per heavy atom. The minimum atomic E-state index is -0.710. The van der Waals surface area contributed by atoms with E-state index in [1.165, 1.54) is 0 Å². The van der Waals surface area contributed by atoms with Gasteiger partial charge in [-0.05, 0) is 46.2 Å². The molecular weight excluding hydrogens is 306 g/mol. The van der Waals surface area contributed by atoms with E-state index in [4.69, 9.17) is 19.9 Å². The molecule has 1 aliphatic heterocycles. The van der Waals surface area contributed by atoms with Gasteiger partial charge in [-0.15, -0.1) is 0 Å². The summed E-state index contributed by atoms with van der Waals surface area (Å²) in [6.07, 6.45) is 1.42. The van der Waals surface area contributed by atoms with Crippen molar-refractivity contribution >= 4 is 5.97 Å². The third kappa shape index (κ3) is 5.30. The fourth-order valence-electron chi connectivity index (χ4n) is 3.12. The molecule has 5 heteroatoms. The third-order valence-corrected chi connectivity index (χ3v) is 4.15. The first-order valence-corrected chi connectivity index (χ1v) is 8.55. The van der Waals surface area contributed by atoms with E-state index >= 15 is 0 Å². The van der Waals surface area contributed by atoms with E-state index in [1.807, 2.05) is 58.0 Å². The zero-order valence-electron chi connectivity index (χ0n) is 15.1. The van der Waals surface area contributed by atoms with E-state index in [0.717, 1.165) is 12.0 Å². The third-order valence-electron chi connectivity index (χ3n) is 4.15. The quantitative estimate of drug-likeness (QED) is 0.809. The minimum Gasteiger partial charge on any atom is -0.455 e. The predicted octanol–water partition coefficient (Wildman–Crippen LogP) is 3.11. The fraction of sp³-hybridized carbons (Fsp3) is 0.632. The van der Waals surface area contributed by atoms with Crippen LogP contribution in [0.3, 0.4) is 0 Å². The molecule has 0 aromatic heterocycles. The maximum Gasteiger partial charge on any atom is 0.309 e. The molecule has 0 aliphatic carbocycles. The van der Waals surface area contributed by atoms with E-state index in [1.54, 1.807) is 0 Å². The SMILES string of the molecule is CC1(C)O[C@H](CCN)C[C@H](CC(=O)OC(C)(C)c2ccccc2)O1. The molecule has 0 saturated carbocycles. The Kier molecular flexibility index (Phi) is 6.01. The number of nitrogens with two attached hydrogens (primary N) is 1. The van der Waals surface area contributed by atoms with Gasteiger partial charge in [-0.2, -0.15) is 0 Å². The molecule has 0 bridgehead atoms. The Balaban J connectivity index is 1.96. The number of benzene rings is 1. The lowest BCUT2D eigenvalue weighted by Gasteiger charge is -2.40. The van der Waals surface area contributed by atoms with Gasteiger partial charge in [0.25, 0.3) is 0 Å². The molecular formula is C19H29NO4. The molecule has 1 heterocycles. The molecule has 2 N–H and O–H groups in total. The number of carbonyl (C=O) groups excluding carboxylic acids is 1. The summed E-state index contributed by atoms with van der Waals surface area (Å²) in [7, 11) is 0. The lowest BCUT2D eigenvalue weighted by atomic mass is 9.98. The number of hydrogen-bond acceptors (Lipinski definition) is 5. The molecule has 0 spiro atoms. The summed E-state index contributed by atoms with van der Waals surface area (Å²) in [5.41, 5.74) is 5.92. The van der Waals surface area contributed by atoms with E-state index < -0.39 is 11.4 Å². The Morgan fingerprint density at radius 2 is 1.88 bits per heavy atom. The van der Waals surface area contributed by atoms with Crippen molar-refractivity contribution in [3.8, 4) is 0 Å². The smallest absolute Gasteiger partial charge is 0.309 e. The molecule has 0 radical (unpaired) electrons. The van der Waals surface area contributed by atoms with Crippen LogP contribution in [-0.4, -0.2) is 30.5 Å². The van der Waals surface area contributed by atoms with Gasteiger partial charge in [-0.3, -0.25) is 4.79 Å². The molecule has 5 nitrogen and oxygen atoms in total. The second kappa shape index (κ2) is 7.64. The summed E-state index contributed by atoms with van der Waals surface area (Å²) < 4.78 is 17.4. The van der Waals surface area contributed by atoms with Gasteiger partial charge in [-0.25, -0.2) is 0 Å². The molecule has 2 atom stereocenters. The highest BCUT2D eigenvalue weighted by Crippen LogP contribution is 2.31. The van der Waals surface area contributed by atoms with Crippen LogP contribution >= 0.6 is 0 Å². The van der Waals surface area contributed by atoms with E-state index in [2.05, 4.69) is 0 Å². The van der Waals surface area contributed by atoms with Crippen LogP contribution in [0.25, 0.3) is 0 Å². The zero-order valence-corrected chi connectivity index (χ0v) is 15.1. The second-order valence-corrected chi connectivity index (χ2v) is 7.25. The van der Waals surface area contributed by atoms with Gasteiger partial charge in [0.05, 0.1) is 18.6 Å². The molecule has 24 heavy (non-hydrogen) atoms. The molecule has 134 valence electrons. The molecule has 0 unspecified atom stereocenters. The van der Waals surface area contributed by atoms with Crippen LogP contribution in [0, 0.1) is 0 Å². The summed E-state index contributed by atoms with van der Waals surface area (Å²) in [5.74, 6) is -0.976. The van der Waals surface area contributed by atoms with Crippen LogP contribution in [0.4, 0.5) is 0 Å². The average molecular weight is 335 g/mol. The van der Waals surface area contributed by atoms with Crippen LogP contribution in [0.1, 0.15) is 52.5 Å². The lowest BCUT2D eigenvalue weighted by Crippen LogP contribution is -2.46. The van der Waals surface area contributed by atoms with E-state index in [9.17, 15) is 4.79 Å². The van der Waals surface area contributed by atoms with Crippen LogP contribution in [-0.2, 0) is 24.6 Å². The fourth-order valence-corrected chi connectivity index (χ4v) is 3.12. The van der Waals surface area contributed by atoms with Crippen molar-refractivity contribution in [3.05, 3.63) is 35.9 Å². The Hall–Kier alpha value is -1.43. The van der Waals surface area contributed by atoms with Crippen molar-refractivity contribution in [2.75, 3.05) is 6.54 Å². The largest absolute Gasteiger partial charge is 0.455 e. The molecule has 1 saturated heterocycles. The minimum absolute atomic E-state index is 0.0127. The monoisotopic (exact) mass is 335 g/mol. The Bertz CT molecular complexity index is 542. The topological polar surface area (TPSA) is 70.8 Å². The number of ether oxygens (including phenoxy) is 3. The summed E-state index contributed by atoms with van der Waals surface area (Å²) in [5, 5.41) is 0. The number of rotatable bonds is 6. The number of carbonyl (C=O) groups is 1. The molecule has 2 rings (SSSR count). The molecule has 1 aromatic rings. The van der Waals surface area contributed by atoms with Crippen molar-refractivity contribution in [3.63, 3.8) is 0 Å². The van der Waals surface area contributed by atoms with Gasteiger partial charge in [0.15, 0.2) is 5.79 Å². The van der Waals surface area contributed by atoms with Gasteiger partial charge >= 0.3 is 5.97 Å². The van der Waals surface area contributed by atoms with Gasteiger partial charge in [0.2, 0.25) is 0 Å². The second-order valence-electron chi connectivity index (χ2n) is 7.25. The summed E-state index contributed by atoms with van der Waals surface area (Å²) in [6, 6.07) is 9.73. The molecule has 1 fully saturated rings. The summed E-state index contributed by atoms with van der Waals surface area (Å²) >= 11 is 0. The van der Waals surface area contributed by atoms with Gasteiger partial charge in [0.1, 0.15) is 5.60 Å². The van der Waals surface area contributed by atoms with Gasteiger partial charge in [0, 0.05) is 6.42 Å². The van der Waals surface area contributed by atoms with Crippen LogP contribution < -0.4 is 5.73 Å². The molecule has 1 aliphatic rings. The first kappa shape index (κ1) is 18.9. The Labute approximate surface area is 144 Å². The van der Waals surface area contributed by atoms with Crippen molar-refractivity contribution < 1.29 is 19.0 Å². The highest BCUT2D eigenvalue weighted by molar-refractivity contribution is 5.70. The van der Waals surface area contributed by atoms with E-state index in [-0.39, 0.29) is 24.6 Å². The van der Waals surface area contributed by atoms with Crippen molar-refractivity contribution in [2.45, 2.75) is 70.6 Å². The van der Waals surface area contributed by atoms with Gasteiger partial charge < -0.3 is 19.9 Å². The lowest BCUT2D eigenvalue weighted by molar-refractivity contribution is -0.300. The average Bonchev–Trinajstić information content (AvgIpc) is 2.46. The van der Waals surface area contributed by atoms with Crippen LogP contribution in [0.5, 0.6) is 0 Å². The van der Waals surface area contributed by atoms with Crippen LogP contribution in [0.15, 0.2) is 30.3 Å². The standard InChI is InChI=1S/C19H29NO4/c1-18(2,14-8-6-5-7-9-14)24-17(21)13-16-12-15(10-11-20)22-19(3,4)23-16/h5-9,15-16H,10-13,20H2,1-4H3/t15-,16-/m1/s1. The predicted molar refractivity (Wildman–Crippen MR) is 92.3 cm³/mol. The number of esters is 1. The summed E-state index contributed by atoms with van der Waals surface area (Å²) in [6.45, 7) is 8.07. The first-order chi connectivity index (χ1) is 11.2.